The third-order valence-corrected chi connectivity index (χ3v) is 3.89. The van der Waals surface area contributed by atoms with Gasteiger partial charge in [-0.05, 0) is 38.1 Å². The summed E-state index contributed by atoms with van der Waals surface area (Å²) in [5.74, 6) is 2.04. The fourth-order valence-electron chi connectivity index (χ4n) is 2.54. The van der Waals surface area contributed by atoms with E-state index >= 15 is 0 Å². The van der Waals surface area contributed by atoms with Gasteiger partial charge in [0.25, 0.3) is 0 Å². The van der Waals surface area contributed by atoms with Gasteiger partial charge in [0, 0.05) is 18.2 Å². The summed E-state index contributed by atoms with van der Waals surface area (Å²) < 4.78 is 16.2. The average Bonchev–Trinajstić information content (AvgIpc) is 2.99. The molecule has 118 valence electrons. The first-order chi connectivity index (χ1) is 10.7. The van der Waals surface area contributed by atoms with Crippen LogP contribution in [0.15, 0.2) is 28.8 Å². The van der Waals surface area contributed by atoms with Gasteiger partial charge in [-0.15, -0.1) is 0 Å². The van der Waals surface area contributed by atoms with Crippen molar-refractivity contribution in [3.8, 4) is 17.1 Å². The molecule has 0 aliphatic carbocycles. The van der Waals surface area contributed by atoms with Crippen LogP contribution in [-0.2, 0) is 11.3 Å². The summed E-state index contributed by atoms with van der Waals surface area (Å²) in [5, 5.41) is 4.07. The molecule has 0 N–H and O–H groups in total. The molecule has 2 atom stereocenters. The Bertz CT molecular complexity index is 611. The Morgan fingerprint density at radius 2 is 2.05 bits per heavy atom. The fourth-order valence-corrected chi connectivity index (χ4v) is 2.54. The summed E-state index contributed by atoms with van der Waals surface area (Å²) in [6.45, 7) is 6.49. The molecule has 0 radical (unpaired) electrons. The standard InChI is InChI=1S/C16H21N3O3/c1-11-10-21-12(2)8-19(11)9-15-17-16(18-22-15)13-4-6-14(20-3)7-5-13/h4-7,11-12H,8-10H2,1-3H3. The number of aromatic nitrogens is 2. The smallest absolute Gasteiger partial charge is 0.241 e. The topological polar surface area (TPSA) is 60.6 Å². The van der Waals surface area contributed by atoms with E-state index in [0.717, 1.165) is 24.5 Å². The van der Waals surface area contributed by atoms with Crippen LogP contribution in [0.4, 0.5) is 0 Å². The summed E-state index contributed by atoms with van der Waals surface area (Å²) >= 11 is 0. The lowest BCUT2D eigenvalue weighted by Crippen LogP contribution is -2.46. The van der Waals surface area contributed by atoms with Crippen LogP contribution in [0.2, 0.25) is 0 Å². The van der Waals surface area contributed by atoms with E-state index in [2.05, 4.69) is 28.9 Å². The number of benzene rings is 1. The van der Waals surface area contributed by atoms with Crippen LogP contribution < -0.4 is 4.74 Å². The van der Waals surface area contributed by atoms with Crippen molar-refractivity contribution in [3.05, 3.63) is 30.2 Å². The van der Waals surface area contributed by atoms with Gasteiger partial charge in [-0.1, -0.05) is 5.16 Å². The summed E-state index contributed by atoms with van der Waals surface area (Å²) in [6, 6.07) is 7.97. The van der Waals surface area contributed by atoms with Crippen LogP contribution in [0, 0.1) is 0 Å². The highest BCUT2D eigenvalue weighted by molar-refractivity contribution is 5.55. The van der Waals surface area contributed by atoms with E-state index in [1.807, 2.05) is 24.3 Å². The fraction of sp³-hybridized carbons (Fsp3) is 0.500. The minimum absolute atomic E-state index is 0.236. The molecule has 2 aromatic rings. The first-order valence-corrected chi connectivity index (χ1v) is 7.48. The number of hydrogen-bond acceptors (Lipinski definition) is 6. The number of hydrogen-bond donors (Lipinski definition) is 0. The van der Waals surface area contributed by atoms with Crippen molar-refractivity contribution in [3.63, 3.8) is 0 Å². The molecule has 1 fully saturated rings. The van der Waals surface area contributed by atoms with Crippen LogP contribution >= 0.6 is 0 Å². The van der Waals surface area contributed by atoms with Crippen molar-refractivity contribution >= 4 is 0 Å². The SMILES string of the molecule is COc1ccc(-c2noc(CN3CC(C)OCC3C)n2)cc1. The zero-order valence-electron chi connectivity index (χ0n) is 13.2. The maximum absolute atomic E-state index is 5.63. The molecule has 0 spiro atoms. The van der Waals surface area contributed by atoms with E-state index < -0.39 is 0 Å². The Labute approximate surface area is 130 Å². The van der Waals surface area contributed by atoms with E-state index in [-0.39, 0.29) is 6.10 Å². The Hall–Kier alpha value is -1.92. The zero-order chi connectivity index (χ0) is 15.5. The van der Waals surface area contributed by atoms with Gasteiger partial charge in [0.1, 0.15) is 5.75 Å². The summed E-state index contributed by atoms with van der Waals surface area (Å²) in [7, 11) is 1.64. The van der Waals surface area contributed by atoms with E-state index in [1.165, 1.54) is 0 Å². The second-order valence-electron chi connectivity index (χ2n) is 5.66. The minimum Gasteiger partial charge on any atom is -0.497 e. The van der Waals surface area contributed by atoms with Gasteiger partial charge in [0.2, 0.25) is 11.7 Å². The molecular formula is C16H21N3O3. The van der Waals surface area contributed by atoms with Crippen molar-refractivity contribution in [1.29, 1.82) is 0 Å². The Balaban J connectivity index is 1.70. The first-order valence-electron chi connectivity index (χ1n) is 7.48. The predicted octanol–water partition coefficient (Wildman–Crippen LogP) is 2.35. The van der Waals surface area contributed by atoms with E-state index in [0.29, 0.717) is 24.3 Å². The Morgan fingerprint density at radius 3 is 2.77 bits per heavy atom. The van der Waals surface area contributed by atoms with Gasteiger partial charge in [0.05, 0.1) is 26.4 Å². The van der Waals surface area contributed by atoms with Crippen LogP contribution in [0.3, 0.4) is 0 Å². The molecule has 3 rings (SSSR count). The maximum atomic E-state index is 5.63. The van der Waals surface area contributed by atoms with Crippen molar-refractivity contribution in [2.45, 2.75) is 32.5 Å². The molecule has 0 amide bonds. The molecule has 1 aliphatic rings. The molecule has 22 heavy (non-hydrogen) atoms. The van der Waals surface area contributed by atoms with E-state index in [4.69, 9.17) is 14.0 Å². The van der Waals surface area contributed by atoms with Gasteiger partial charge in [-0.3, -0.25) is 4.90 Å². The molecule has 1 aliphatic heterocycles. The van der Waals surface area contributed by atoms with Gasteiger partial charge in [0.15, 0.2) is 0 Å². The Kier molecular flexibility index (Phi) is 4.40. The van der Waals surface area contributed by atoms with E-state index in [9.17, 15) is 0 Å². The summed E-state index contributed by atoms with van der Waals surface area (Å²) in [6.07, 6.45) is 0.236. The average molecular weight is 303 g/mol. The van der Waals surface area contributed by atoms with Gasteiger partial charge in [-0.25, -0.2) is 0 Å². The molecule has 1 saturated heterocycles. The lowest BCUT2D eigenvalue weighted by atomic mass is 10.2. The second kappa shape index (κ2) is 6.46. The van der Waals surface area contributed by atoms with E-state index in [1.54, 1.807) is 7.11 Å². The summed E-state index contributed by atoms with van der Waals surface area (Å²) in [4.78, 5) is 6.79. The maximum Gasteiger partial charge on any atom is 0.241 e. The highest BCUT2D eigenvalue weighted by Gasteiger charge is 2.25. The van der Waals surface area contributed by atoms with Crippen LogP contribution in [0.5, 0.6) is 5.75 Å². The number of nitrogens with zero attached hydrogens (tertiary/aromatic N) is 3. The molecule has 2 unspecified atom stereocenters. The molecule has 0 saturated carbocycles. The predicted molar refractivity (Wildman–Crippen MR) is 81.6 cm³/mol. The first kappa shape index (κ1) is 15.0. The number of morpholine rings is 1. The highest BCUT2D eigenvalue weighted by atomic mass is 16.5. The third kappa shape index (κ3) is 3.28. The van der Waals surface area contributed by atoms with Crippen molar-refractivity contribution < 1.29 is 14.0 Å². The second-order valence-corrected chi connectivity index (χ2v) is 5.66. The van der Waals surface area contributed by atoms with Gasteiger partial charge < -0.3 is 14.0 Å². The normalized spacial score (nSPS) is 22.7. The number of rotatable bonds is 4. The third-order valence-electron chi connectivity index (χ3n) is 3.89. The molecule has 1 aromatic carbocycles. The largest absolute Gasteiger partial charge is 0.497 e. The van der Waals surface area contributed by atoms with Gasteiger partial charge in [-0.2, -0.15) is 4.98 Å². The van der Waals surface area contributed by atoms with Gasteiger partial charge >= 0.3 is 0 Å². The molecule has 0 bridgehead atoms. The van der Waals surface area contributed by atoms with Crippen LogP contribution in [0.1, 0.15) is 19.7 Å². The highest BCUT2D eigenvalue weighted by Crippen LogP contribution is 2.21. The number of ether oxygens (including phenoxy) is 2. The zero-order valence-corrected chi connectivity index (χ0v) is 13.2. The minimum atomic E-state index is 0.236. The lowest BCUT2D eigenvalue weighted by molar-refractivity contribution is -0.0555. The molecule has 6 nitrogen and oxygen atoms in total. The molecule has 2 heterocycles. The summed E-state index contributed by atoms with van der Waals surface area (Å²) in [5.41, 5.74) is 0.916. The Morgan fingerprint density at radius 1 is 1.27 bits per heavy atom. The number of methoxy groups -OCH3 is 1. The molecule has 1 aromatic heterocycles. The lowest BCUT2D eigenvalue weighted by Gasteiger charge is -2.35. The van der Waals surface area contributed by atoms with Crippen molar-refractivity contribution in [2.24, 2.45) is 0 Å². The molecular weight excluding hydrogens is 282 g/mol. The van der Waals surface area contributed by atoms with Crippen LogP contribution in [-0.4, -0.2) is 47.4 Å². The molecule has 6 heteroatoms. The quantitative estimate of drug-likeness (QED) is 0.864. The van der Waals surface area contributed by atoms with Crippen molar-refractivity contribution in [2.75, 3.05) is 20.3 Å². The van der Waals surface area contributed by atoms with Crippen molar-refractivity contribution in [1.82, 2.24) is 15.0 Å². The van der Waals surface area contributed by atoms with Crippen LogP contribution in [0.25, 0.3) is 11.4 Å². The monoisotopic (exact) mass is 303 g/mol.